The third-order valence-electron chi connectivity index (χ3n) is 6.19. The number of nitrogens with two attached hydrogens (primary N) is 1. The van der Waals surface area contributed by atoms with Gasteiger partial charge in [-0.2, -0.15) is 5.10 Å². The molecule has 0 bridgehead atoms. The van der Waals surface area contributed by atoms with Crippen molar-refractivity contribution in [2.45, 2.75) is 19.3 Å². The summed E-state index contributed by atoms with van der Waals surface area (Å²) in [5.74, 6) is -0.654. The number of thiocarbonyl (C=S) groups is 1. The molecule has 2 fully saturated rings. The number of amides is 1. The third kappa shape index (κ3) is 5.68. The van der Waals surface area contributed by atoms with E-state index in [-0.39, 0.29) is 24.1 Å². The van der Waals surface area contributed by atoms with Crippen LogP contribution in [0.1, 0.15) is 35.2 Å². The van der Waals surface area contributed by atoms with Gasteiger partial charge in [0, 0.05) is 46.3 Å². The van der Waals surface area contributed by atoms with E-state index in [1.807, 2.05) is 11.0 Å². The van der Waals surface area contributed by atoms with Crippen LogP contribution in [0.15, 0.2) is 66.1 Å². The summed E-state index contributed by atoms with van der Waals surface area (Å²) in [6, 6.07) is 9.94. The van der Waals surface area contributed by atoms with Crippen molar-refractivity contribution in [3.8, 4) is 0 Å². The quantitative estimate of drug-likeness (QED) is 0.336. The van der Waals surface area contributed by atoms with Crippen LogP contribution in [0.3, 0.4) is 0 Å². The fraction of sp³-hybridized carbons (Fsp3) is 0.269. The number of carbonyl (C=O) groups excluding carboxylic acids is 1. The van der Waals surface area contributed by atoms with E-state index in [0.717, 1.165) is 31.6 Å². The fourth-order valence-corrected chi connectivity index (χ4v) is 4.71. The van der Waals surface area contributed by atoms with E-state index >= 15 is 4.39 Å². The number of piperidine rings is 1. The Balaban J connectivity index is 1.61. The highest BCUT2D eigenvalue weighted by Crippen LogP contribution is 2.34. The number of benzene rings is 2. The van der Waals surface area contributed by atoms with Crippen molar-refractivity contribution in [2.24, 2.45) is 10.8 Å². The predicted octanol–water partition coefficient (Wildman–Crippen LogP) is 4.63. The molecule has 0 radical (unpaired) electrons. The van der Waals surface area contributed by atoms with Crippen molar-refractivity contribution in [2.75, 3.05) is 36.0 Å². The maximum absolute atomic E-state index is 15.4. The molecule has 0 unspecified atom stereocenters. The third-order valence-corrected chi connectivity index (χ3v) is 6.53. The molecule has 2 aromatic carbocycles. The number of rotatable bonds is 5. The first-order valence-electron chi connectivity index (χ1n) is 11.6. The number of carbonyl (C=O) groups is 1. The van der Waals surface area contributed by atoms with E-state index in [2.05, 4.69) is 28.6 Å². The molecule has 0 spiro atoms. The molecule has 2 aromatic rings. The SMILES string of the molecule is C=C1CN(c2cc(N3CCCCC3)c(/C=N/NC(N)=S)cc2F)CC(=C)N1C(=O)c1ccc(Cl)cc1. The number of anilines is 2. The van der Waals surface area contributed by atoms with Crippen molar-refractivity contribution >= 4 is 52.4 Å². The lowest BCUT2D eigenvalue weighted by Crippen LogP contribution is -2.45. The zero-order valence-electron chi connectivity index (χ0n) is 19.8. The molecule has 1 amide bonds. The Bertz CT molecular complexity index is 1210. The maximum Gasteiger partial charge on any atom is 0.262 e. The van der Waals surface area contributed by atoms with Crippen molar-refractivity contribution in [1.29, 1.82) is 0 Å². The van der Waals surface area contributed by atoms with E-state index in [1.54, 1.807) is 24.3 Å². The van der Waals surface area contributed by atoms with Gasteiger partial charge < -0.3 is 15.5 Å². The Morgan fingerprint density at radius 1 is 1.06 bits per heavy atom. The second kappa shape index (κ2) is 11.1. The highest BCUT2D eigenvalue weighted by atomic mass is 35.5. The van der Waals surface area contributed by atoms with Crippen LogP contribution < -0.4 is 21.0 Å². The van der Waals surface area contributed by atoms with Crippen LogP contribution in [0.2, 0.25) is 5.02 Å². The van der Waals surface area contributed by atoms with E-state index in [4.69, 9.17) is 29.6 Å². The first kappa shape index (κ1) is 25.7. The Hall–Kier alpha value is -3.43. The molecule has 0 aromatic heterocycles. The lowest BCUT2D eigenvalue weighted by Gasteiger charge is -2.40. The summed E-state index contributed by atoms with van der Waals surface area (Å²) >= 11 is 10.8. The minimum absolute atomic E-state index is 0.0332. The highest BCUT2D eigenvalue weighted by molar-refractivity contribution is 7.80. The first-order valence-corrected chi connectivity index (χ1v) is 12.4. The average molecular weight is 527 g/mol. The maximum atomic E-state index is 15.4. The molecule has 36 heavy (non-hydrogen) atoms. The minimum Gasteiger partial charge on any atom is -0.375 e. The van der Waals surface area contributed by atoms with Crippen LogP contribution in [0.4, 0.5) is 15.8 Å². The monoisotopic (exact) mass is 526 g/mol. The predicted molar refractivity (Wildman–Crippen MR) is 148 cm³/mol. The van der Waals surface area contributed by atoms with E-state index in [0.29, 0.717) is 33.2 Å². The summed E-state index contributed by atoms with van der Waals surface area (Å²) in [5, 5.41) is 4.62. The Labute approximate surface area is 220 Å². The van der Waals surface area contributed by atoms with Gasteiger partial charge in [-0.3, -0.25) is 15.1 Å². The average Bonchev–Trinajstić information content (AvgIpc) is 2.84. The van der Waals surface area contributed by atoms with Gasteiger partial charge in [-0.15, -0.1) is 0 Å². The Kier molecular flexibility index (Phi) is 7.91. The number of hydrazone groups is 1. The summed E-state index contributed by atoms with van der Waals surface area (Å²) < 4.78 is 15.4. The minimum atomic E-state index is -0.411. The van der Waals surface area contributed by atoms with Gasteiger partial charge in [-0.05, 0) is 67.9 Å². The summed E-state index contributed by atoms with van der Waals surface area (Å²) in [7, 11) is 0. The van der Waals surface area contributed by atoms with Gasteiger partial charge in [-0.25, -0.2) is 4.39 Å². The van der Waals surface area contributed by atoms with Gasteiger partial charge in [0.15, 0.2) is 5.11 Å². The van der Waals surface area contributed by atoms with Crippen LogP contribution in [0.25, 0.3) is 0 Å². The molecule has 2 heterocycles. The number of hydrogen-bond acceptors (Lipinski definition) is 5. The topological polar surface area (TPSA) is 77.2 Å². The summed E-state index contributed by atoms with van der Waals surface area (Å²) in [6.45, 7) is 10.5. The first-order chi connectivity index (χ1) is 17.2. The fourth-order valence-electron chi connectivity index (χ4n) is 4.53. The van der Waals surface area contributed by atoms with Crippen LogP contribution in [-0.2, 0) is 0 Å². The lowest BCUT2D eigenvalue weighted by molar-refractivity contribution is 0.0836. The van der Waals surface area contributed by atoms with Crippen molar-refractivity contribution < 1.29 is 9.18 Å². The number of piperazine rings is 1. The van der Waals surface area contributed by atoms with Gasteiger partial charge in [0.05, 0.1) is 25.0 Å². The second-order valence-electron chi connectivity index (χ2n) is 8.78. The molecule has 0 saturated carbocycles. The van der Waals surface area contributed by atoms with Crippen LogP contribution in [-0.4, -0.2) is 48.3 Å². The zero-order valence-corrected chi connectivity index (χ0v) is 21.4. The van der Waals surface area contributed by atoms with Gasteiger partial charge in [-0.1, -0.05) is 24.8 Å². The smallest absolute Gasteiger partial charge is 0.262 e. The molecule has 0 aliphatic carbocycles. The van der Waals surface area contributed by atoms with Crippen molar-refractivity contribution in [3.63, 3.8) is 0 Å². The number of halogens is 2. The Morgan fingerprint density at radius 3 is 2.31 bits per heavy atom. The molecule has 2 aliphatic heterocycles. The second-order valence-corrected chi connectivity index (χ2v) is 9.66. The van der Waals surface area contributed by atoms with Crippen molar-refractivity contribution in [1.82, 2.24) is 10.3 Å². The van der Waals surface area contributed by atoms with Gasteiger partial charge in [0.1, 0.15) is 5.82 Å². The molecule has 188 valence electrons. The molecule has 0 atom stereocenters. The Morgan fingerprint density at radius 2 is 1.69 bits per heavy atom. The largest absolute Gasteiger partial charge is 0.375 e. The normalized spacial score (nSPS) is 16.6. The molecule has 7 nitrogen and oxygen atoms in total. The highest BCUT2D eigenvalue weighted by Gasteiger charge is 2.30. The standard InChI is InChI=1S/C26H28ClFN6OS/c1-17-15-33(16-18(2)34(17)25(35)19-6-8-21(27)9-7-19)24-13-23(32-10-4-3-5-11-32)20(12-22(24)28)14-30-31-26(29)36/h6-9,12-14H,1-5,10-11,15-16H2,(H3,29,31,36)/b30-14+. The van der Waals surface area contributed by atoms with E-state index in [9.17, 15) is 4.79 Å². The number of nitrogens with one attached hydrogen (secondary N) is 1. The molecule has 10 heteroatoms. The van der Waals surface area contributed by atoms with Gasteiger partial charge in [0.25, 0.3) is 5.91 Å². The summed E-state index contributed by atoms with van der Waals surface area (Å²) in [6.07, 6.45) is 4.82. The molecular weight excluding hydrogens is 499 g/mol. The summed E-state index contributed by atoms with van der Waals surface area (Å²) in [4.78, 5) is 18.7. The molecule has 3 N–H and O–H groups in total. The van der Waals surface area contributed by atoms with Gasteiger partial charge in [0.2, 0.25) is 0 Å². The molecule has 4 rings (SSSR count). The van der Waals surface area contributed by atoms with E-state index < -0.39 is 5.82 Å². The van der Waals surface area contributed by atoms with Gasteiger partial charge >= 0.3 is 0 Å². The van der Waals surface area contributed by atoms with Crippen LogP contribution in [0.5, 0.6) is 0 Å². The van der Waals surface area contributed by atoms with Crippen molar-refractivity contribution in [3.05, 3.63) is 82.9 Å². The zero-order chi connectivity index (χ0) is 25.8. The molecular formula is C26H28ClFN6OS. The van der Waals surface area contributed by atoms with E-state index in [1.165, 1.54) is 23.6 Å². The molecule has 2 aliphatic rings. The van der Waals surface area contributed by atoms with Crippen LogP contribution in [0, 0.1) is 5.82 Å². The van der Waals surface area contributed by atoms with Crippen LogP contribution >= 0.6 is 23.8 Å². The summed E-state index contributed by atoms with van der Waals surface area (Å²) in [5.41, 5.74) is 11.4. The number of hydrogen-bond donors (Lipinski definition) is 2. The lowest BCUT2D eigenvalue weighted by atomic mass is 10.0. The number of nitrogens with zero attached hydrogens (tertiary/aromatic N) is 4. The molecule has 2 saturated heterocycles.